The molecule has 0 bridgehead atoms. The summed E-state index contributed by atoms with van der Waals surface area (Å²) >= 11 is 0. The Balaban J connectivity index is 1.85. The normalized spacial score (nSPS) is 12.2. The van der Waals surface area contributed by atoms with Crippen LogP contribution in [0.3, 0.4) is 0 Å². The first-order valence-electron chi connectivity index (χ1n) is 9.12. The summed E-state index contributed by atoms with van der Waals surface area (Å²) in [5.74, 6) is -0.00841. The second-order valence-electron chi connectivity index (χ2n) is 6.39. The van der Waals surface area contributed by atoms with Crippen molar-refractivity contribution in [2.75, 3.05) is 20.2 Å². The van der Waals surface area contributed by atoms with Crippen molar-refractivity contribution in [1.29, 1.82) is 0 Å². The third-order valence-corrected chi connectivity index (χ3v) is 4.59. The fourth-order valence-electron chi connectivity index (χ4n) is 2.68. The summed E-state index contributed by atoms with van der Waals surface area (Å²) in [6.45, 7) is 5.33. The number of aryl methyl sites for hydroxylation is 1. The number of ether oxygens (including phenoxy) is 1. The molecule has 1 atom stereocenters. The summed E-state index contributed by atoms with van der Waals surface area (Å²) < 4.78 is 5.78. The molecular formula is C21H28N2O3. The van der Waals surface area contributed by atoms with Crippen molar-refractivity contribution in [3.05, 3.63) is 59.4 Å². The number of aromatic nitrogens is 1. The molecule has 140 valence electrons. The summed E-state index contributed by atoms with van der Waals surface area (Å²) in [5, 5.41) is 9.38. The van der Waals surface area contributed by atoms with E-state index in [-0.39, 0.29) is 0 Å². The topological polar surface area (TPSA) is 62.7 Å². The molecule has 2 rings (SSSR count). The highest BCUT2D eigenvalue weighted by molar-refractivity contribution is 5.73. The van der Waals surface area contributed by atoms with E-state index in [9.17, 15) is 9.90 Å². The summed E-state index contributed by atoms with van der Waals surface area (Å²) in [4.78, 5) is 17.7. The zero-order valence-electron chi connectivity index (χ0n) is 15.8. The number of benzene rings is 1. The minimum Gasteiger partial charge on any atom is -0.493 e. The highest BCUT2D eigenvalue weighted by Crippen LogP contribution is 2.15. The molecule has 1 N–H and O–H groups in total. The SMILES string of the molecule is CCc1ccc(CCOc2ccc(CC(C(=O)O)N(C)CC)cc2)nc1. The Morgan fingerprint density at radius 3 is 2.38 bits per heavy atom. The van der Waals surface area contributed by atoms with E-state index in [4.69, 9.17) is 4.74 Å². The molecule has 0 saturated carbocycles. The Morgan fingerprint density at radius 1 is 1.15 bits per heavy atom. The van der Waals surface area contributed by atoms with Crippen LogP contribution < -0.4 is 4.74 Å². The van der Waals surface area contributed by atoms with Crippen molar-refractivity contribution in [2.24, 2.45) is 0 Å². The van der Waals surface area contributed by atoms with Crippen molar-refractivity contribution < 1.29 is 14.6 Å². The Labute approximate surface area is 155 Å². The maximum absolute atomic E-state index is 11.4. The van der Waals surface area contributed by atoms with E-state index in [1.54, 1.807) is 0 Å². The summed E-state index contributed by atoms with van der Waals surface area (Å²) in [6, 6.07) is 11.3. The van der Waals surface area contributed by atoms with Gasteiger partial charge in [-0.1, -0.05) is 32.0 Å². The third-order valence-electron chi connectivity index (χ3n) is 4.59. The maximum Gasteiger partial charge on any atom is 0.321 e. The van der Waals surface area contributed by atoms with Gasteiger partial charge in [0.25, 0.3) is 0 Å². The van der Waals surface area contributed by atoms with Crippen LogP contribution in [0.25, 0.3) is 0 Å². The Bertz CT molecular complexity index is 683. The van der Waals surface area contributed by atoms with Gasteiger partial charge in [0.15, 0.2) is 0 Å². The van der Waals surface area contributed by atoms with E-state index in [1.807, 2.05) is 55.4 Å². The Morgan fingerprint density at radius 2 is 1.85 bits per heavy atom. The van der Waals surface area contributed by atoms with Gasteiger partial charge < -0.3 is 9.84 Å². The lowest BCUT2D eigenvalue weighted by Gasteiger charge is -2.23. The predicted molar refractivity (Wildman–Crippen MR) is 103 cm³/mol. The molecule has 0 amide bonds. The molecule has 1 unspecified atom stereocenters. The fraction of sp³-hybridized carbons (Fsp3) is 0.429. The quantitative estimate of drug-likeness (QED) is 0.708. The number of pyridine rings is 1. The lowest BCUT2D eigenvalue weighted by Crippen LogP contribution is -2.39. The number of carboxylic acids is 1. The third kappa shape index (κ3) is 5.85. The molecule has 5 heteroatoms. The van der Waals surface area contributed by atoms with Crippen molar-refractivity contribution in [3.63, 3.8) is 0 Å². The first kappa shape index (κ1) is 19.9. The zero-order valence-corrected chi connectivity index (χ0v) is 15.8. The van der Waals surface area contributed by atoms with Gasteiger partial charge in [0.1, 0.15) is 11.8 Å². The van der Waals surface area contributed by atoms with E-state index in [2.05, 4.69) is 18.0 Å². The standard InChI is InChI=1S/C21H28N2O3/c1-4-16-6-9-18(22-15-16)12-13-26-19-10-7-17(8-11-19)14-20(21(24)25)23(3)5-2/h6-11,15,20H,4-5,12-14H2,1-3H3,(H,24,25). The number of nitrogens with zero attached hydrogens (tertiary/aromatic N) is 2. The van der Waals surface area contributed by atoms with E-state index < -0.39 is 12.0 Å². The Kier molecular flexibility index (Phi) is 7.60. The van der Waals surface area contributed by atoms with Crippen LogP contribution in [-0.4, -0.2) is 47.2 Å². The monoisotopic (exact) mass is 356 g/mol. The van der Waals surface area contributed by atoms with Crippen molar-refractivity contribution >= 4 is 5.97 Å². The van der Waals surface area contributed by atoms with Crippen molar-refractivity contribution in [2.45, 2.75) is 39.2 Å². The molecule has 0 radical (unpaired) electrons. The van der Waals surface area contributed by atoms with Gasteiger partial charge in [0.05, 0.1) is 6.61 Å². The number of aliphatic carboxylic acids is 1. The highest BCUT2D eigenvalue weighted by atomic mass is 16.5. The molecule has 0 fully saturated rings. The molecule has 1 aromatic heterocycles. The molecule has 0 spiro atoms. The largest absolute Gasteiger partial charge is 0.493 e. The second-order valence-corrected chi connectivity index (χ2v) is 6.39. The molecule has 0 saturated heterocycles. The average molecular weight is 356 g/mol. The van der Waals surface area contributed by atoms with Gasteiger partial charge >= 0.3 is 5.97 Å². The van der Waals surface area contributed by atoms with Gasteiger partial charge in [-0.25, -0.2) is 0 Å². The molecule has 5 nitrogen and oxygen atoms in total. The Hall–Kier alpha value is -2.40. The van der Waals surface area contributed by atoms with Crippen molar-refractivity contribution in [3.8, 4) is 5.75 Å². The minimum absolute atomic E-state index is 0.480. The molecule has 1 aromatic carbocycles. The number of carboxylic acid groups (broad SMARTS) is 1. The van der Waals surface area contributed by atoms with Crippen LogP contribution in [0.1, 0.15) is 30.7 Å². The number of likely N-dealkylation sites (N-methyl/N-ethyl adjacent to an activating group) is 1. The maximum atomic E-state index is 11.4. The van der Waals surface area contributed by atoms with Gasteiger partial charge in [-0.3, -0.25) is 14.7 Å². The smallest absolute Gasteiger partial charge is 0.321 e. The summed E-state index contributed by atoms with van der Waals surface area (Å²) in [5.41, 5.74) is 3.24. The lowest BCUT2D eigenvalue weighted by atomic mass is 10.0. The number of rotatable bonds is 10. The van der Waals surface area contributed by atoms with Gasteiger partial charge in [-0.2, -0.15) is 0 Å². The highest BCUT2D eigenvalue weighted by Gasteiger charge is 2.21. The van der Waals surface area contributed by atoms with Crippen LogP contribution in [0.4, 0.5) is 0 Å². The van der Waals surface area contributed by atoms with Crippen molar-refractivity contribution in [1.82, 2.24) is 9.88 Å². The lowest BCUT2D eigenvalue weighted by molar-refractivity contribution is -0.142. The number of carbonyl (C=O) groups is 1. The first-order chi connectivity index (χ1) is 12.5. The fourth-order valence-corrected chi connectivity index (χ4v) is 2.68. The van der Waals surface area contributed by atoms with Crippen LogP contribution in [-0.2, 0) is 24.1 Å². The van der Waals surface area contributed by atoms with E-state index in [0.29, 0.717) is 19.6 Å². The van der Waals surface area contributed by atoms with Crippen LogP contribution in [0.5, 0.6) is 5.75 Å². The van der Waals surface area contributed by atoms with Crippen LogP contribution >= 0.6 is 0 Å². The van der Waals surface area contributed by atoms with E-state index >= 15 is 0 Å². The molecule has 0 aliphatic carbocycles. The van der Waals surface area contributed by atoms with Crippen LogP contribution in [0.2, 0.25) is 0 Å². The minimum atomic E-state index is -0.795. The summed E-state index contributed by atoms with van der Waals surface area (Å²) in [7, 11) is 1.83. The molecule has 1 heterocycles. The zero-order chi connectivity index (χ0) is 18.9. The van der Waals surface area contributed by atoms with Crippen LogP contribution in [0, 0.1) is 0 Å². The van der Waals surface area contributed by atoms with E-state index in [0.717, 1.165) is 29.8 Å². The van der Waals surface area contributed by atoms with Gasteiger partial charge in [0, 0.05) is 18.3 Å². The molecule has 0 aliphatic rings. The van der Waals surface area contributed by atoms with Gasteiger partial charge in [0.2, 0.25) is 0 Å². The first-order valence-corrected chi connectivity index (χ1v) is 9.12. The van der Waals surface area contributed by atoms with Gasteiger partial charge in [-0.05, 0) is 55.8 Å². The number of hydrogen-bond donors (Lipinski definition) is 1. The van der Waals surface area contributed by atoms with Gasteiger partial charge in [-0.15, -0.1) is 0 Å². The van der Waals surface area contributed by atoms with Crippen LogP contribution in [0.15, 0.2) is 42.6 Å². The number of hydrogen-bond acceptors (Lipinski definition) is 4. The molecular weight excluding hydrogens is 328 g/mol. The molecule has 2 aromatic rings. The van der Waals surface area contributed by atoms with E-state index in [1.165, 1.54) is 5.56 Å². The average Bonchev–Trinajstić information content (AvgIpc) is 2.67. The second kappa shape index (κ2) is 9.92. The molecule has 26 heavy (non-hydrogen) atoms. The summed E-state index contributed by atoms with van der Waals surface area (Å²) in [6.07, 6.45) is 4.14. The predicted octanol–water partition coefficient (Wildman–Crippen LogP) is 3.21. The molecule has 0 aliphatic heterocycles.